The summed E-state index contributed by atoms with van der Waals surface area (Å²) in [6.45, 7) is 1.85. The third-order valence-electron chi connectivity index (χ3n) is 1.60. The van der Waals surface area contributed by atoms with Gasteiger partial charge in [0.15, 0.2) is 5.96 Å². The lowest BCUT2D eigenvalue weighted by Gasteiger charge is -2.06. The smallest absolute Gasteiger partial charge is 0.190 e. The predicted molar refractivity (Wildman–Crippen MR) is 52.2 cm³/mol. The van der Waals surface area contributed by atoms with Crippen LogP contribution in [0, 0.1) is 17.2 Å². The molecule has 0 heterocycles. The van der Waals surface area contributed by atoms with Gasteiger partial charge in [0.25, 0.3) is 0 Å². The van der Waals surface area contributed by atoms with Gasteiger partial charge < -0.3 is 11.1 Å². The Morgan fingerprint density at radius 1 is 1.62 bits per heavy atom. The minimum atomic E-state index is -0.161. The fourth-order valence-corrected chi connectivity index (χ4v) is 0.947. The molecular formula is C8H10N4O. The standard InChI is InChI=1S/C8H10N4O/c1-5-2-3-6(12-13)4-7(5)11-8(9)10/h2-4H,1H3,(H4,9,10,11). The van der Waals surface area contributed by atoms with Gasteiger partial charge in [0, 0.05) is 5.69 Å². The molecule has 13 heavy (non-hydrogen) atoms. The third-order valence-corrected chi connectivity index (χ3v) is 1.60. The van der Waals surface area contributed by atoms with E-state index >= 15 is 0 Å². The predicted octanol–water partition coefficient (Wildman–Crippen LogP) is 1.70. The lowest BCUT2D eigenvalue weighted by atomic mass is 10.2. The summed E-state index contributed by atoms with van der Waals surface area (Å²) in [7, 11) is 0. The largest absolute Gasteiger partial charge is 0.370 e. The van der Waals surface area contributed by atoms with Crippen molar-refractivity contribution in [2.24, 2.45) is 10.9 Å². The minimum absolute atomic E-state index is 0.161. The molecule has 1 aromatic rings. The average Bonchev–Trinajstić information content (AvgIpc) is 2.08. The van der Waals surface area contributed by atoms with Crippen molar-refractivity contribution >= 4 is 17.3 Å². The van der Waals surface area contributed by atoms with Crippen LogP contribution in [-0.4, -0.2) is 5.96 Å². The number of benzene rings is 1. The first-order chi connectivity index (χ1) is 6.13. The van der Waals surface area contributed by atoms with Crippen LogP contribution in [-0.2, 0) is 0 Å². The molecule has 1 aromatic carbocycles. The maximum atomic E-state index is 10.2. The van der Waals surface area contributed by atoms with E-state index < -0.39 is 0 Å². The Kier molecular flexibility index (Phi) is 2.59. The summed E-state index contributed by atoms with van der Waals surface area (Å²) in [6.07, 6.45) is 0. The van der Waals surface area contributed by atoms with E-state index in [2.05, 4.69) is 10.5 Å². The highest BCUT2D eigenvalue weighted by molar-refractivity contribution is 5.91. The molecule has 0 spiro atoms. The topological polar surface area (TPSA) is 91.3 Å². The van der Waals surface area contributed by atoms with Gasteiger partial charge in [0.05, 0.1) is 0 Å². The number of hydrogen-bond donors (Lipinski definition) is 3. The van der Waals surface area contributed by atoms with Gasteiger partial charge in [-0.1, -0.05) is 6.07 Å². The lowest BCUT2D eigenvalue weighted by molar-refractivity contribution is 1.37. The third kappa shape index (κ3) is 2.26. The summed E-state index contributed by atoms with van der Waals surface area (Å²) in [5, 5.41) is 12.4. The van der Waals surface area contributed by atoms with Crippen LogP contribution in [0.4, 0.5) is 11.4 Å². The zero-order valence-corrected chi connectivity index (χ0v) is 7.16. The van der Waals surface area contributed by atoms with E-state index in [-0.39, 0.29) is 5.96 Å². The van der Waals surface area contributed by atoms with Gasteiger partial charge in [0.2, 0.25) is 0 Å². The second kappa shape index (κ2) is 3.66. The first-order valence-corrected chi connectivity index (χ1v) is 3.68. The van der Waals surface area contributed by atoms with Crippen LogP contribution in [0.1, 0.15) is 5.56 Å². The van der Waals surface area contributed by atoms with E-state index in [0.717, 1.165) is 5.56 Å². The molecule has 0 amide bonds. The van der Waals surface area contributed by atoms with Gasteiger partial charge >= 0.3 is 0 Å². The zero-order valence-electron chi connectivity index (χ0n) is 7.16. The minimum Gasteiger partial charge on any atom is -0.370 e. The van der Waals surface area contributed by atoms with Crippen LogP contribution in [0.2, 0.25) is 0 Å². The van der Waals surface area contributed by atoms with Crippen LogP contribution in [0.15, 0.2) is 23.4 Å². The molecular weight excluding hydrogens is 168 g/mol. The van der Waals surface area contributed by atoms with Gasteiger partial charge in [-0.05, 0) is 29.8 Å². The molecule has 4 N–H and O–H groups in total. The average molecular weight is 178 g/mol. The van der Waals surface area contributed by atoms with Crippen molar-refractivity contribution < 1.29 is 0 Å². The van der Waals surface area contributed by atoms with Crippen LogP contribution in [0.5, 0.6) is 0 Å². The SMILES string of the molecule is Cc1ccc(N=O)cc1NC(=N)N. The Hall–Kier alpha value is -1.91. The maximum absolute atomic E-state index is 10.2. The Morgan fingerprint density at radius 2 is 2.31 bits per heavy atom. The number of anilines is 1. The van der Waals surface area contributed by atoms with E-state index in [1.54, 1.807) is 18.2 Å². The van der Waals surface area contributed by atoms with Gasteiger partial charge in [0.1, 0.15) is 5.69 Å². The normalized spacial score (nSPS) is 9.31. The van der Waals surface area contributed by atoms with Crippen molar-refractivity contribution in [2.45, 2.75) is 6.92 Å². The maximum Gasteiger partial charge on any atom is 0.190 e. The van der Waals surface area contributed by atoms with E-state index in [1.807, 2.05) is 6.92 Å². The lowest BCUT2D eigenvalue weighted by Crippen LogP contribution is -2.20. The van der Waals surface area contributed by atoms with Crippen molar-refractivity contribution in [2.75, 3.05) is 5.32 Å². The number of rotatable bonds is 2. The van der Waals surface area contributed by atoms with Crippen LogP contribution < -0.4 is 11.1 Å². The Balaban J connectivity index is 3.03. The summed E-state index contributed by atoms with van der Waals surface area (Å²) in [5.74, 6) is -0.161. The number of nitrogens with zero attached hydrogens (tertiary/aromatic N) is 1. The van der Waals surface area contributed by atoms with Gasteiger partial charge in [-0.3, -0.25) is 5.41 Å². The summed E-state index contributed by atoms with van der Waals surface area (Å²) in [6, 6.07) is 4.89. The Bertz CT molecular complexity index is 348. The van der Waals surface area contributed by atoms with Gasteiger partial charge in [-0.2, -0.15) is 0 Å². The van der Waals surface area contributed by atoms with E-state index in [9.17, 15) is 4.91 Å². The number of guanidine groups is 1. The summed E-state index contributed by atoms with van der Waals surface area (Å²) < 4.78 is 0. The summed E-state index contributed by atoms with van der Waals surface area (Å²) in [4.78, 5) is 10.2. The quantitative estimate of drug-likeness (QED) is 0.365. The molecule has 68 valence electrons. The van der Waals surface area contributed by atoms with E-state index in [4.69, 9.17) is 11.1 Å². The molecule has 0 saturated heterocycles. The summed E-state index contributed by atoms with van der Waals surface area (Å²) in [5.41, 5.74) is 7.00. The Morgan fingerprint density at radius 3 is 2.85 bits per heavy atom. The van der Waals surface area contributed by atoms with Crippen LogP contribution >= 0.6 is 0 Å². The highest BCUT2D eigenvalue weighted by Gasteiger charge is 2.00. The molecule has 0 aliphatic heterocycles. The number of nitrogens with two attached hydrogens (primary N) is 1. The number of nitroso groups, excluding NO2 is 1. The molecule has 0 radical (unpaired) electrons. The van der Waals surface area contributed by atoms with Gasteiger partial charge in [-0.15, -0.1) is 4.91 Å². The second-order valence-electron chi connectivity index (χ2n) is 2.63. The molecule has 0 saturated carbocycles. The first kappa shape index (κ1) is 9.18. The van der Waals surface area contributed by atoms with Crippen LogP contribution in [0.25, 0.3) is 0 Å². The van der Waals surface area contributed by atoms with Crippen LogP contribution in [0.3, 0.4) is 0 Å². The fraction of sp³-hybridized carbons (Fsp3) is 0.125. The molecule has 0 aliphatic rings. The molecule has 5 heteroatoms. The molecule has 0 fully saturated rings. The van der Waals surface area contributed by atoms with Crippen molar-refractivity contribution in [1.29, 1.82) is 5.41 Å². The molecule has 0 atom stereocenters. The zero-order chi connectivity index (χ0) is 9.84. The highest BCUT2D eigenvalue weighted by Crippen LogP contribution is 2.21. The van der Waals surface area contributed by atoms with Gasteiger partial charge in [-0.25, -0.2) is 0 Å². The highest BCUT2D eigenvalue weighted by atomic mass is 16.3. The monoisotopic (exact) mass is 178 g/mol. The molecule has 0 unspecified atom stereocenters. The fourth-order valence-electron chi connectivity index (χ4n) is 0.947. The van der Waals surface area contributed by atoms with Crippen molar-refractivity contribution in [3.05, 3.63) is 28.7 Å². The van der Waals surface area contributed by atoms with E-state index in [0.29, 0.717) is 11.4 Å². The second-order valence-corrected chi connectivity index (χ2v) is 2.63. The first-order valence-electron chi connectivity index (χ1n) is 3.68. The molecule has 5 nitrogen and oxygen atoms in total. The number of aryl methyl sites for hydroxylation is 1. The van der Waals surface area contributed by atoms with Crippen molar-refractivity contribution in [3.8, 4) is 0 Å². The number of nitrogens with one attached hydrogen (secondary N) is 2. The Labute approximate surface area is 75.4 Å². The van der Waals surface area contributed by atoms with Crippen molar-refractivity contribution in [3.63, 3.8) is 0 Å². The summed E-state index contributed by atoms with van der Waals surface area (Å²) >= 11 is 0. The molecule has 0 aliphatic carbocycles. The number of hydrogen-bond acceptors (Lipinski definition) is 3. The molecule has 0 bridgehead atoms. The van der Waals surface area contributed by atoms with E-state index in [1.165, 1.54) is 0 Å². The molecule has 0 aromatic heterocycles. The van der Waals surface area contributed by atoms with Crippen molar-refractivity contribution in [1.82, 2.24) is 0 Å². The molecule has 1 rings (SSSR count).